The van der Waals surface area contributed by atoms with Crippen molar-refractivity contribution in [3.05, 3.63) is 0 Å². The van der Waals surface area contributed by atoms with Crippen molar-refractivity contribution in [3.8, 4) is 0 Å². The zero-order valence-electron chi connectivity index (χ0n) is 11.6. The summed E-state index contributed by atoms with van der Waals surface area (Å²) in [5.41, 5.74) is 6.01. The average molecular weight is 241 g/mol. The molecule has 0 bridgehead atoms. The molecule has 100 valence electrons. The molecule has 1 amide bonds. The molecule has 1 saturated heterocycles. The molecule has 1 rings (SSSR count). The van der Waals surface area contributed by atoms with E-state index in [1.807, 2.05) is 18.9 Å². The fraction of sp³-hybridized carbons (Fsp3) is 0.923. The maximum atomic E-state index is 12.2. The van der Waals surface area contributed by atoms with E-state index in [0.717, 1.165) is 32.4 Å². The number of amides is 1. The SMILES string of the molecule is CCC(C)[C@H](N)C(=O)N(C)C1CCCN(C)C1. The number of hydrogen-bond acceptors (Lipinski definition) is 3. The Morgan fingerprint density at radius 2 is 2.24 bits per heavy atom. The zero-order valence-corrected chi connectivity index (χ0v) is 11.6. The smallest absolute Gasteiger partial charge is 0.239 e. The van der Waals surface area contributed by atoms with E-state index >= 15 is 0 Å². The molecule has 0 radical (unpaired) electrons. The van der Waals surface area contributed by atoms with Gasteiger partial charge in [0.25, 0.3) is 0 Å². The lowest BCUT2D eigenvalue weighted by atomic mass is 9.97. The molecular weight excluding hydrogens is 214 g/mol. The van der Waals surface area contributed by atoms with E-state index in [2.05, 4.69) is 18.9 Å². The van der Waals surface area contributed by atoms with Crippen molar-refractivity contribution < 1.29 is 4.79 Å². The third kappa shape index (κ3) is 3.68. The number of hydrogen-bond donors (Lipinski definition) is 1. The van der Waals surface area contributed by atoms with Gasteiger partial charge in [0.2, 0.25) is 5.91 Å². The Hall–Kier alpha value is -0.610. The summed E-state index contributed by atoms with van der Waals surface area (Å²) >= 11 is 0. The van der Waals surface area contributed by atoms with Crippen LogP contribution in [-0.4, -0.2) is 55.0 Å². The number of nitrogens with zero attached hydrogens (tertiary/aromatic N) is 2. The van der Waals surface area contributed by atoms with Gasteiger partial charge in [-0.2, -0.15) is 0 Å². The molecule has 0 aromatic carbocycles. The van der Waals surface area contributed by atoms with Gasteiger partial charge in [-0.15, -0.1) is 0 Å². The fourth-order valence-electron chi connectivity index (χ4n) is 2.37. The van der Waals surface area contributed by atoms with Crippen LogP contribution in [0.25, 0.3) is 0 Å². The third-order valence-electron chi connectivity index (χ3n) is 4.04. The number of carbonyl (C=O) groups is 1. The van der Waals surface area contributed by atoms with Gasteiger partial charge >= 0.3 is 0 Å². The number of nitrogens with two attached hydrogens (primary N) is 1. The van der Waals surface area contributed by atoms with E-state index in [1.54, 1.807) is 0 Å². The summed E-state index contributed by atoms with van der Waals surface area (Å²) in [6, 6.07) is -0.0198. The van der Waals surface area contributed by atoms with Crippen molar-refractivity contribution in [1.29, 1.82) is 0 Å². The summed E-state index contributed by atoms with van der Waals surface area (Å²) in [7, 11) is 4.01. The van der Waals surface area contributed by atoms with Gasteiger partial charge in [-0.25, -0.2) is 0 Å². The van der Waals surface area contributed by atoms with Crippen molar-refractivity contribution in [2.24, 2.45) is 11.7 Å². The first-order chi connectivity index (χ1) is 7.97. The first kappa shape index (κ1) is 14.5. The molecule has 0 aromatic rings. The molecule has 1 fully saturated rings. The molecule has 0 saturated carbocycles. The van der Waals surface area contributed by atoms with E-state index in [4.69, 9.17) is 5.73 Å². The quantitative estimate of drug-likeness (QED) is 0.796. The number of likely N-dealkylation sites (N-methyl/N-ethyl adjacent to an activating group) is 2. The number of likely N-dealkylation sites (tertiary alicyclic amines) is 1. The Balaban J connectivity index is 2.56. The van der Waals surface area contributed by atoms with Crippen LogP contribution in [0.5, 0.6) is 0 Å². The van der Waals surface area contributed by atoms with Gasteiger partial charge in [-0.05, 0) is 32.4 Å². The van der Waals surface area contributed by atoms with E-state index in [0.29, 0.717) is 6.04 Å². The monoisotopic (exact) mass is 241 g/mol. The molecule has 2 unspecified atom stereocenters. The Kier molecular flexibility index (Phi) is 5.40. The van der Waals surface area contributed by atoms with Crippen LogP contribution in [0, 0.1) is 5.92 Å². The molecule has 1 aliphatic heterocycles. The van der Waals surface area contributed by atoms with E-state index in [9.17, 15) is 4.79 Å². The molecule has 0 spiro atoms. The van der Waals surface area contributed by atoms with Gasteiger partial charge in [-0.3, -0.25) is 4.79 Å². The van der Waals surface area contributed by atoms with Crippen molar-refractivity contribution in [3.63, 3.8) is 0 Å². The van der Waals surface area contributed by atoms with Gasteiger partial charge in [0, 0.05) is 19.6 Å². The van der Waals surface area contributed by atoms with Crippen LogP contribution in [0.15, 0.2) is 0 Å². The van der Waals surface area contributed by atoms with E-state index < -0.39 is 0 Å². The van der Waals surface area contributed by atoms with Crippen LogP contribution in [0.3, 0.4) is 0 Å². The molecule has 1 aliphatic rings. The lowest BCUT2D eigenvalue weighted by Gasteiger charge is -2.37. The summed E-state index contributed by atoms with van der Waals surface area (Å²) in [5.74, 6) is 0.353. The summed E-state index contributed by atoms with van der Waals surface area (Å²) in [6.07, 6.45) is 3.21. The first-order valence-corrected chi connectivity index (χ1v) is 6.68. The highest BCUT2D eigenvalue weighted by Crippen LogP contribution is 2.16. The average Bonchev–Trinajstić information content (AvgIpc) is 2.35. The van der Waals surface area contributed by atoms with Crippen molar-refractivity contribution in [2.45, 2.75) is 45.2 Å². The highest BCUT2D eigenvalue weighted by molar-refractivity contribution is 5.82. The van der Waals surface area contributed by atoms with E-state index in [-0.39, 0.29) is 17.9 Å². The molecule has 3 atom stereocenters. The molecular formula is C13H27N3O. The Morgan fingerprint density at radius 3 is 2.76 bits per heavy atom. The summed E-state index contributed by atoms with van der Waals surface area (Å²) < 4.78 is 0. The molecule has 17 heavy (non-hydrogen) atoms. The normalized spacial score (nSPS) is 25.4. The Bertz CT molecular complexity index is 257. The molecule has 0 aliphatic carbocycles. The van der Waals surface area contributed by atoms with Crippen LogP contribution in [-0.2, 0) is 4.79 Å². The minimum atomic E-state index is -0.350. The number of carbonyl (C=O) groups excluding carboxylic acids is 1. The second-order valence-electron chi connectivity index (χ2n) is 5.42. The van der Waals surface area contributed by atoms with Crippen molar-refractivity contribution >= 4 is 5.91 Å². The van der Waals surface area contributed by atoms with Gasteiger partial charge < -0.3 is 15.5 Å². The predicted molar refractivity (Wildman–Crippen MR) is 70.7 cm³/mol. The van der Waals surface area contributed by atoms with Crippen LogP contribution >= 0.6 is 0 Å². The van der Waals surface area contributed by atoms with Gasteiger partial charge in [0.1, 0.15) is 0 Å². The molecule has 0 aromatic heterocycles. The van der Waals surface area contributed by atoms with E-state index in [1.165, 1.54) is 0 Å². The molecule has 1 heterocycles. The predicted octanol–water partition coefficient (Wildman–Crippen LogP) is 0.912. The largest absolute Gasteiger partial charge is 0.340 e. The van der Waals surface area contributed by atoms with Crippen molar-refractivity contribution in [1.82, 2.24) is 9.80 Å². The topological polar surface area (TPSA) is 49.6 Å². The first-order valence-electron chi connectivity index (χ1n) is 6.68. The number of rotatable bonds is 4. The lowest BCUT2D eigenvalue weighted by molar-refractivity contribution is -0.135. The molecule has 2 N–H and O–H groups in total. The summed E-state index contributed by atoms with van der Waals surface area (Å²) in [4.78, 5) is 16.4. The van der Waals surface area contributed by atoms with Gasteiger partial charge in [-0.1, -0.05) is 20.3 Å². The van der Waals surface area contributed by atoms with Gasteiger partial charge in [0.05, 0.1) is 6.04 Å². The van der Waals surface area contributed by atoms with Gasteiger partial charge in [0.15, 0.2) is 0 Å². The minimum absolute atomic E-state index is 0.0969. The third-order valence-corrected chi connectivity index (χ3v) is 4.04. The maximum absolute atomic E-state index is 12.2. The standard InChI is InChI=1S/C13H27N3O/c1-5-10(2)12(14)13(17)16(4)11-7-6-8-15(3)9-11/h10-12H,5-9,14H2,1-4H3/t10?,11?,12-/m0/s1. The Morgan fingerprint density at radius 1 is 1.59 bits per heavy atom. The number of piperidine rings is 1. The molecule has 4 nitrogen and oxygen atoms in total. The second-order valence-corrected chi connectivity index (χ2v) is 5.42. The van der Waals surface area contributed by atoms with Crippen LogP contribution < -0.4 is 5.73 Å². The highest BCUT2D eigenvalue weighted by atomic mass is 16.2. The summed E-state index contributed by atoms with van der Waals surface area (Å²) in [6.45, 7) is 6.22. The Labute approximate surface area is 105 Å². The van der Waals surface area contributed by atoms with Crippen LogP contribution in [0.2, 0.25) is 0 Å². The van der Waals surface area contributed by atoms with Crippen LogP contribution in [0.4, 0.5) is 0 Å². The minimum Gasteiger partial charge on any atom is -0.340 e. The fourth-order valence-corrected chi connectivity index (χ4v) is 2.37. The lowest BCUT2D eigenvalue weighted by Crippen LogP contribution is -2.53. The van der Waals surface area contributed by atoms with Crippen LogP contribution in [0.1, 0.15) is 33.1 Å². The second kappa shape index (κ2) is 6.36. The maximum Gasteiger partial charge on any atom is 0.239 e. The summed E-state index contributed by atoms with van der Waals surface area (Å²) in [5, 5.41) is 0. The molecule has 4 heteroatoms. The van der Waals surface area contributed by atoms with Crippen molar-refractivity contribution in [2.75, 3.05) is 27.2 Å². The zero-order chi connectivity index (χ0) is 13.0. The highest BCUT2D eigenvalue weighted by Gasteiger charge is 2.29.